The third-order valence-electron chi connectivity index (χ3n) is 3.90. The largest absolute Gasteiger partial charge is 0.493 e. The van der Waals surface area contributed by atoms with Crippen molar-refractivity contribution in [1.29, 1.82) is 0 Å². The molecule has 0 bridgehead atoms. The van der Waals surface area contributed by atoms with Crippen LogP contribution < -0.4 is 15.2 Å². The van der Waals surface area contributed by atoms with Gasteiger partial charge < -0.3 is 15.2 Å². The van der Waals surface area contributed by atoms with E-state index in [1.807, 2.05) is 6.92 Å². The van der Waals surface area contributed by atoms with Crippen LogP contribution in [0.5, 0.6) is 11.5 Å². The first-order chi connectivity index (χ1) is 9.93. The Kier molecular flexibility index (Phi) is 6.49. The number of ether oxygens (including phenoxy) is 2. The number of nitrogens with zero attached hydrogens (tertiary/aromatic N) is 1. The van der Waals surface area contributed by atoms with Crippen molar-refractivity contribution in [3.63, 3.8) is 0 Å². The van der Waals surface area contributed by atoms with E-state index in [1.165, 1.54) is 24.6 Å². The molecule has 1 heterocycles. The van der Waals surface area contributed by atoms with Gasteiger partial charge in [-0.25, -0.2) is 8.42 Å². The highest BCUT2D eigenvalue weighted by Gasteiger charge is 2.37. The lowest BCUT2D eigenvalue weighted by molar-refractivity contribution is 0.353. The first kappa shape index (κ1) is 19.0. The van der Waals surface area contributed by atoms with E-state index in [-0.39, 0.29) is 29.3 Å². The van der Waals surface area contributed by atoms with Crippen molar-refractivity contribution >= 4 is 22.4 Å². The van der Waals surface area contributed by atoms with Crippen LogP contribution in [0.15, 0.2) is 23.1 Å². The molecule has 2 atom stereocenters. The number of sulfonamides is 1. The van der Waals surface area contributed by atoms with Crippen LogP contribution in [0, 0.1) is 5.92 Å². The van der Waals surface area contributed by atoms with Crippen molar-refractivity contribution in [1.82, 2.24) is 4.31 Å². The number of hydrogen-bond donors (Lipinski definition) is 1. The topological polar surface area (TPSA) is 81.9 Å². The zero-order chi connectivity index (χ0) is 15.6. The highest BCUT2D eigenvalue weighted by molar-refractivity contribution is 7.89. The molecule has 0 saturated carbocycles. The van der Waals surface area contributed by atoms with Gasteiger partial charge in [-0.05, 0) is 37.9 Å². The summed E-state index contributed by atoms with van der Waals surface area (Å²) in [4.78, 5) is 0.213. The van der Waals surface area contributed by atoms with E-state index < -0.39 is 10.0 Å². The molecule has 1 aromatic carbocycles. The second-order valence-corrected chi connectivity index (χ2v) is 7.17. The van der Waals surface area contributed by atoms with E-state index in [0.717, 1.165) is 6.42 Å². The van der Waals surface area contributed by atoms with E-state index in [9.17, 15) is 8.42 Å². The maximum atomic E-state index is 12.8. The fraction of sp³-hybridized carbons (Fsp3) is 0.571. The molecule has 1 aromatic rings. The molecular weight excluding hydrogens is 328 g/mol. The highest BCUT2D eigenvalue weighted by atomic mass is 35.5. The fourth-order valence-electron chi connectivity index (χ4n) is 2.73. The van der Waals surface area contributed by atoms with Crippen LogP contribution in [0.4, 0.5) is 0 Å². The smallest absolute Gasteiger partial charge is 0.243 e. The zero-order valence-corrected chi connectivity index (χ0v) is 14.6. The van der Waals surface area contributed by atoms with Crippen molar-refractivity contribution in [3.8, 4) is 11.5 Å². The molecule has 6 nitrogen and oxygen atoms in total. The summed E-state index contributed by atoms with van der Waals surface area (Å²) in [5.74, 6) is 1.13. The SMILES string of the molecule is COc1ccc(S(=O)(=O)N2CC(CN)CC2C)cc1OC.Cl. The van der Waals surface area contributed by atoms with Crippen LogP contribution in [-0.4, -0.2) is 46.1 Å². The van der Waals surface area contributed by atoms with Gasteiger partial charge in [-0.15, -0.1) is 12.4 Å². The second kappa shape index (κ2) is 7.50. The average Bonchev–Trinajstić information content (AvgIpc) is 2.88. The van der Waals surface area contributed by atoms with E-state index in [4.69, 9.17) is 15.2 Å². The van der Waals surface area contributed by atoms with Gasteiger partial charge in [0, 0.05) is 18.7 Å². The molecule has 1 fully saturated rings. The average molecular weight is 351 g/mol. The molecule has 1 aliphatic heterocycles. The summed E-state index contributed by atoms with van der Waals surface area (Å²) >= 11 is 0. The van der Waals surface area contributed by atoms with Gasteiger partial charge in [0.1, 0.15) is 0 Å². The Morgan fingerprint density at radius 1 is 1.27 bits per heavy atom. The van der Waals surface area contributed by atoms with Crippen LogP contribution in [0.2, 0.25) is 0 Å². The highest BCUT2D eigenvalue weighted by Crippen LogP contribution is 2.33. The normalized spacial score (nSPS) is 22.2. The van der Waals surface area contributed by atoms with Crippen molar-refractivity contribution in [2.75, 3.05) is 27.3 Å². The Morgan fingerprint density at radius 3 is 2.41 bits per heavy atom. The third kappa shape index (κ3) is 3.48. The first-order valence-corrected chi connectivity index (χ1v) is 8.32. The van der Waals surface area contributed by atoms with Crippen molar-refractivity contribution in [2.24, 2.45) is 11.7 Å². The predicted molar refractivity (Wildman–Crippen MR) is 87.3 cm³/mol. The third-order valence-corrected chi connectivity index (χ3v) is 5.88. The molecule has 0 radical (unpaired) electrons. The quantitative estimate of drug-likeness (QED) is 0.869. The van der Waals surface area contributed by atoms with Crippen molar-refractivity contribution < 1.29 is 17.9 Å². The standard InChI is InChI=1S/C14H22N2O4S.ClH/c1-10-6-11(8-15)9-16(10)21(17,18)12-4-5-13(19-2)14(7-12)20-3;/h4-5,7,10-11H,6,8-9,15H2,1-3H3;1H. The van der Waals surface area contributed by atoms with Crippen LogP contribution in [0.1, 0.15) is 13.3 Å². The van der Waals surface area contributed by atoms with Crippen LogP contribution in [-0.2, 0) is 10.0 Å². The Balaban J connectivity index is 0.00000242. The zero-order valence-electron chi connectivity index (χ0n) is 13.0. The summed E-state index contributed by atoms with van der Waals surface area (Å²) in [7, 11) is -0.549. The summed E-state index contributed by atoms with van der Waals surface area (Å²) < 4.78 is 37.4. The number of nitrogens with two attached hydrogens (primary N) is 1. The van der Waals surface area contributed by atoms with Crippen molar-refractivity contribution in [3.05, 3.63) is 18.2 Å². The summed E-state index contributed by atoms with van der Waals surface area (Å²) in [6.45, 7) is 2.88. The number of rotatable bonds is 5. The van der Waals surface area contributed by atoms with E-state index >= 15 is 0 Å². The van der Waals surface area contributed by atoms with Gasteiger partial charge in [0.2, 0.25) is 10.0 Å². The molecule has 0 aliphatic carbocycles. The molecule has 2 N–H and O–H groups in total. The summed E-state index contributed by atoms with van der Waals surface area (Å²) in [6, 6.07) is 4.60. The lowest BCUT2D eigenvalue weighted by atomic mass is 10.1. The van der Waals surface area contributed by atoms with Gasteiger partial charge >= 0.3 is 0 Å². The lowest BCUT2D eigenvalue weighted by Gasteiger charge is -2.21. The Bertz CT molecular complexity index is 609. The molecule has 2 unspecified atom stereocenters. The lowest BCUT2D eigenvalue weighted by Crippen LogP contribution is -2.34. The number of halogens is 1. The van der Waals surface area contributed by atoms with Gasteiger partial charge in [-0.2, -0.15) is 4.31 Å². The molecule has 126 valence electrons. The number of hydrogen-bond acceptors (Lipinski definition) is 5. The van der Waals surface area contributed by atoms with Crippen LogP contribution in [0.3, 0.4) is 0 Å². The monoisotopic (exact) mass is 350 g/mol. The minimum absolute atomic E-state index is 0. The molecule has 1 aliphatic rings. The van der Waals surface area contributed by atoms with Gasteiger partial charge in [0.25, 0.3) is 0 Å². The Morgan fingerprint density at radius 2 is 1.91 bits per heavy atom. The fourth-order valence-corrected chi connectivity index (χ4v) is 4.46. The Labute approximate surface area is 138 Å². The molecule has 1 saturated heterocycles. The van der Waals surface area contributed by atoms with Gasteiger partial charge in [-0.3, -0.25) is 0 Å². The number of benzene rings is 1. The van der Waals surface area contributed by atoms with Crippen molar-refractivity contribution in [2.45, 2.75) is 24.3 Å². The molecule has 0 spiro atoms. The Hall–Kier alpha value is -1.02. The minimum atomic E-state index is -3.55. The molecule has 2 rings (SSSR count). The summed E-state index contributed by atoms with van der Waals surface area (Å²) in [6.07, 6.45) is 0.795. The molecule has 0 aromatic heterocycles. The molecule has 0 amide bonds. The van der Waals surface area contributed by atoms with Gasteiger partial charge in [0.15, 0.2) is 11.5 Å². The van der Waals surface area contributed by atoms with E-state index in [0.29, 0.717) is 24.6 Å². The molecular formula is C14H23ClN2O4S. The van der Waals surface area contributed by atoms with Crippen LogP contribution >= 0.6 is 12.4 Å². The number of methoxy groups -OCH3 is 2. The minimum Gasteiger partial charge on any atom is -0.493 e. The van der Waals surface area contributed by atoms with E-state index in [1.54, 1.807) is 12.1 Å². The maximum absolute atomic E-state index is 12.8. The van der Waals surface area contributed by atoms with Gasteiger partial charge in [-0.1, -0.05) is 0 Å². The van der Waals surface area contributed by atoms with Gasteiger partial charge in [0.05, 0.1) is 19.1 Å². The summed E-state index contributed by atoms with van der Waals surface area (Å²) in [5, 5.41) is 0. The molecule has 22 heavy (non-hydrogen) atoms. The summed E-state index contributed by atoms with van der Waals surface area (Å²) in [5.41, 5.74) is 5.67. The molecule has 8 heteroatoms. The van der Waals surface area contributed by atoms with Crippen LogP contribution in [0.25, 0.3) is 0 Å². The van der Waals surface area contributed by atoms with E-state index in [2.05, 4.69) is 0 Å². The second-order valence-electron chi connectivity index (χ2n) is 5.28. The first-order valence-electron chi connectivity index (χ1n) is 6.88. The predicted octanol–water partition coefficient (Wildman–Crippen LogP) is 1.48. The maximum Gasteiger partial charge on any atom is 0.243 e.